The Bertz CT molecular complexity index is 1140. The van der Waals surface area contributed by atoms with Crippen LogP contribution in [0.1, 0.15) is 19.4 Å². The quantitative estimate of drug-likeness (QED) is 0.435. The van der Waals surface area contributed by atoms with Gasteiger partial charge in [-0.2, -0.15) is 4.98 Å². The van der Waals surface area contributed by atoms with E-state index in [1.165, 1.54) is 0 Å². The second-order valence-electron chi connectivity index (χ2n) is 8.17. The zero-order chi connectivity index (χ0) is 22.2. The van der Waals surface area contributed by atoms with Gasteiger partial charge in [-0.05, 0) is 55.8 Å². The van der Waals surface area contributed by atoms with Gasteiger partial charge < -0.3 is 25.7 Å². The van der Waals surface area contributed by atoms with Crippen molar-refractivity contribution in [2.45, 2.75) is 26.0 Å². The Balaban J connectivity index is 1.78. The average molecular weight is 442 g/mol. The normalized spacial score (nSPS) is 13.1. The number of aromatic nitrogens is 2. The van der Waals surface area contributed by atoms with Gasteiger partial charge in [-0.25, -0.2) is 0 Å². The van der Waals surface area contributed by atoms with Crippen LogP contribution < -0.4 is 21.1 Å². The van der Waals surface area contributed by atoms with Crippen molar-refractivity contribution in [2.24, 2.45) is 0 Å². The largest absolute Gasteiger partial charge is 0.508 e. The van der Waals surface area contributed by atoms with Gasteiger partial charge in [0.25, 0.3) is 5.56 Å². The molecule has 0 atom stereocenters. The fraction of sp³-hybridized carbons (Fsp3) is 0.273. The Morgan fingerprint density at radius 3 is 2.48 bits per heavy atom. The summed E-state index contributed by atoms with van der Waals surface area (Å²) in [6.07, 6.45) is 0. The van der Waals surface area contributed by atoms with E-state index >= 15 is 0 Å². The molecule has 8 nitrogen and oxygen atoms in total. The molecular formula is C22H24ClN5O3. The van der Waals surface area contributed by atoms with Crippen molar-refractivity contribution in [1.82, 2.24) is 9.55 Å². The molecule has 0 fully saturated rings. The van der Waals surface area contributed by atoms with E-state index < -0.39 is 11.2 Å². The van der Waals surface area contributed by atoms with E-state index in [-0.39, 0.29) is 12.3 Å². The summed E-state index contributed by atoms with van der Waals surface area (Å²) in [6, 6.07) is 14.0. The zero-order valence-corrected chi connectivity index (χ0v) is 18.0. The van der Waals surface area contributed by atoms with Crippen LogP contribution in [0.15, 0.2) is 53.3 Å². The molecule has 1 aliphatic rings. The molecule has 0 amide bonds. The number of nitrogens with one attached hydrogen (secondary N) is 2. The molecule has 2 heterocycles. The molecule has 0 unspecified atom stereocenters. The minimum absolute atomic E-state index is 0.148. The molecule has 1 aliphatic heterocycles. The van der Waals surface area contributed by atoms with Gasteiger partial charge in [0, 0.05) is 17.3 Å². The zero-order valence-electron chi connectivity index (χ0n) is 17.3. The maximum Gasteiger partial charge on any atom is 0.300 e. The van der Waals surface area contributed by atoms with E-state index in [2.05, 4.69) is 15.6 Å². The first-order valence-electron chi connectivity index (χ1n) is 9.86. The third-order valence-electron chi connectivity index (χ3n) is 4.87. The number of halogens is 1. The van der Waals surface area contributed by atoms with Crippen molar-refractivity contribution in [3.63, 3.8) is 0 Å². The highest BCUT2D eigenvalue weighted by Gasteiger charge is 2.30. The van der Waals surface area contributed by atoms with E-state index in [1.54, 1.807) is 43.0 Å². The van der Waals surface area contributed by atoms with Crippen LogP contribution in [-0.4, -0.2) is 38.6 Å². The number of nitrogens with zero attached hydrogens (tertiary/aromatic N) is 3. The molecule has 0 radical (unpaired) electrons. The maximum atomic E-state index is 12.9. The number of aromatic hydroxyl groups is 1. The Labute approximate surface area is 184 Å². The molecular weight excluding hydrogens is 418 g/mol. The van der Waals surface area contributed by atoms with E-state index in [0.717, 1.165) is 5.56 Å². The van der Waals surface area contributed by atoms with E-state index in [0.29, 0.717) is 41.4 Å². The van der Waals surface area contributed by atoms with Gasteiger partial charge in [0.15, 0.2) is 0 Å². The van der Waals surface area contributed by atoms with Crippen LogP contribution in [-0.2, 0) is 6.54 Å². The average Bonchev–Trinajstić information content (AvgIpc) is 3.10. The third kappa shape index (κ3) is 4.76. The Morgan fingerprint density at radius 1 is 1.16 bits per heavy atom. The van der Waals surface area contributed by atoms with Crippen molar-refractivity contribution in [3.05, 3.63) is 69.5 Å². The Morgan fingerprint density at radius 2 is 1.84 bits per heavy atom. The van der Waals surface area contributed by atoms with Crippen molar-refractivity contribution in [3.8, 4) is 5.75 Å². The van der Waals surface area contributed by atoms with Gasteiger partial charge in [0.05, 0.1) is 18.8 Å². The number of β-amino-alcohol motifs (C(OH)–C–C–N with tert-alkyl or cyclic N) is 1. The van der Waals surface area contributed by atoms with Crippen LogP contribution in [0.2, 0.25) is 5.02 Å². The monoisotopic (exact) mass is 441 g/mol. The van der Waals surface area contributed by atoms with Gasteiger partial charge in [0.2, 0.25) is 5.95 Å². The van der Waals surface area contributed by atoms with Crippen LogP contribution >= 0.6 is 11.6 Å². The van der Waals surface area contributed by atoms with Gasteiger partial charge in [-0.3, -0.25) is 9.36 Å². The smallest absolute Gasteiger partial charge is 0.300 e. The topological polar surface area (TPSA) is 103 Å². The molecule has 0 saturated carbocycles. The number of anilines is 4. The first kappa shape index (κ1) is 21.0. The number of hydrogen-bond donors (Lipinski definition) is 4. The summed E-state index contributed by atoms with van der Waals surface area (Å²) < 4.78 is 1.89. The highest BCUT2D eigenvalue weighted by Crippen LogP contribution is 2.32. The first-order valence-corrected chi connectivity index (χ1v) is 10.2. The number of phenols is 1. The summed E-state index contributed by atoms with van der Waals surface area (Å²) in [7, 11) is 0. The van der Waals surface area contributed by atoms with Crippen molar-refractivity contribution < 1.29 is 10.2 Å². The number of aliphatic hydroxyl groups is 1. The molecule has 1 aromatic heterocycles. The minimum atomic E-state index is -0.973. The van der Waals surface area contributed by atoms with Crippen LogP contribution in [0.3, 0.4) is 0 Å². The molecule has 0 bridgehead atoms. The van der Waals surface area contributed by atoms with Gasteiger partial charge in [-0.1, -0.05) is 23.7 Å². The summed E-state index contributed by atoms with van der Waals surface area (Å²) in [6.45, 7) is 4.52. The van der Waals surface area contributed by atoms with Gasteiger partial charge in [-0.15, -0.1) is 0 Å². The summed E-state index contributed by atoms with van der Waals surface area (Å²) in [5, 5.41) is 26.9. The Kier molecular flexibility index (Phi) is 5.51. The third-order valence-corrected chi connectivity index (χ3v) is 5.12. The van der Waals surface area contributed by atoms with E-state index in [4.69, 9.17) is 11.6 Å². The maximum absolute atomic E-state index is 12.9. The number of fused-ring (bicyclic) bond motifs is 1. The lowest BCUT2D eigenvalue weighted by Gasteiger charge is -2.26. The Hall–Kier alpha value is -3.23. The molecule has 0 spiro atoms. The molecule has 3 aromatic rings. The predicted octanol–water partition coefficient (Wildman–Crippen LogP) is 3.35. The van der Waals surface area contributed by atoms with E-state index in [1.807, 2.05) is 28.8 Å². The summed E-state index contributed by atoms with van der Waals surface area (Å²) in [5.41, 5.74) is 0.722. The second kappa shape index (κ2) is 8.13. The fourth-order valence-electron chi connectivity index (χ4n) is 3.56. The number of phenolic OH excluding ortho intramolecular Hbond substituents is 1. The summed E-state index contributed by atoms with van der Waals surface area (Å²) in [5.74, 6) is 1.14. The number of rotatable bonds is 6. The van der Waals surface area contributed by atoms with Crippen molar-refractivity contribution in [1.29, 1.82) is 0 Å². The molecule has 9 heteroatoms. The predicted molar refractivity (Wildman–Crippen MR) is 123 cm³/mol. The van der Waals surface area contributed by atoms with Crippen LogP contribution in [0.25, 0.3) is 0 Å². The lowest BCUT2D eigenvalue weighted by Crippen LogP contribution is -2.40. The molecule has 31 heavy (non-hydrogen) atoms. The highest BCUT2D eigenvalue weighted by molar-refractivity contribution is 6.30. The second-order valence-corrected chi connectivity index (χ2v) is 8.60. The van der Waals surface area contributed by atoms with Crippen LogP contribution in [0.4, 0.5) is 23.1 Å². The molecule has 0 saturated heterocycles. The molecule has 4 N–H and O–H groups in total. The fourth-order valence-corrected chi connectivity index (χ4v) is 3.68. The number of benzene rings is 2. The molecule has 2 aromatic carbocycles. The highest BCUT2D eigenvalue weighted by atomic mass is 35.5. The summed E-state index contributed by atoms with van der Waals surface area (Å²) >= 11 is 6.03. The molecule has 0 aliphatic carbocycles. The van der Waals surface area contributed by atoms with E-state index in [9.17, 15) is 15.0 Å². The van der Waals surface area contributed by atoms with Crippen molar-refractivity contribution >= 4 is 34.7 Å². The lowest BCUT2D eigenvalue weighted by molar-refractivity contribution is 0.0880. The van der Waals surface area contributed by atoms with Gasteiger partial charge >= 0.3 is 0 Å². The summed E-state index contributed by atoms with van der Waals surface area (Å²) in [4.78, 5) is 19.0. The van der Waals surface area contributed by atoms with Crippen LogP contribution in [0.5, 0.6) is 5.75 Å². The lowest BCUT2D eigenvalue weighted by atomic mass is 10.1. The van der Waals surface area contributed by atoms with Crippen molar-refractivity contribution in [2.75, 3.05) is 28.7 Å². The standard InChI is InChI=1S/C22H24ClN5O3/c1-22(2,31)12-27-13-24-19-18(27)20(30)26-21(25-16-7-9-17(29)10-8-16)28(19)11-14-3-5-15(23)6-4-14/h3-10,24,29,31H,11-13H2,1-2H3,(H,25,26,30). The van der Waals surface area contributed by atoms with Crippen LogP contribution in [0, 0.1) is 0 Å². The SMILES string of the molecule is CC(C)(O)CN1CNc2c1c(=O)nc(Nc1ccc(O)cc1)n2Cc1ccc(Cl)cc1. The first-order chi connectivity index (χ1) is 14.7. The van der Waals surface area contributed by atoms with Gasteiger partial charge in [0.1, 0.15) is 17.3 Å². The minimum Gasteiger partial charge on any atom is -0.508 e. The number of hydrogen-bond acceptors (Lipinski definition) is 7. The molecule has 4 rings (SSSR count). The molecule has 162 valence electrons.